The number of aliphatic hydroxyl groups excluding tert-OH is 1. The van der Waals surface area contributed by atoms with Gasteiger partial charge in [-0.3, -0.25) is 4.79 Å². The molecule has 2 rings (SSSR count). The molecule has 1 aliphatic heterocycles. The standard InChI is InChI=1S/C15H21N3O3/c19-11-12-5-4-8-18(10-12)14(20)9-16-15(21)17-13-6-2-1-3-7-13/h1-3,6-7,12,19H,4-5,8-11H2,(H2,16,17,21). The highest BCUT2D eigenvalue weighted by Gasteiger charge is 2.23. The molecule has 6 nitrogen and oxygen atoms in total. The molecule has 21 heavy (non-hydrogen) atoms. The van der Waals surface area contributed by atoms with Crippen molar-refractivity contribution in [2.45, 2.75) is 12.8 Å². The first-order chi connectivity index (χ1) is 10.2. The van der Waals surface area contributed by atoms with E-state index in [0.717, 1.165) is 12.8 Å². The number of carbonyl (C=O) groups is 2. The van der Waals surface area contributed by atoms with Gasteiger partial charge >= 0.3 is 6.03 Å². The Bertz CT molecular complexity index is 478. The van der Waals surface area contributed by atoms with Crippen molar-refractivity contribution in [3.05, 3.63) is 30.3 Å². The Morgan fingerprint density at radius 2 is 2.05 bits per heavy atom. The number of nitrogens with zero attached hydrogens (tertiary/aromatic N) is 1. The molecule has 0 radical (unpaired) electrons. The van der Waals surface area contributed by atoms with E-state index < -0.39 is 6.03 Å². The molecule has 0 aliphatic carbocycles. The molecule has 1 atom stereocenters. The highest BCUT2D eigenvalue weighted by molar-refractivity contribution is 5.92. The maximum Gasteiger partial charge on any atom is 0.319 e. The summed E-state index contributed by atoms with van der Waals surface area (Å²) in [5.41, 5.74) is 0.681. The van der Waals surface area contributed by atoms with Gasteiger partial charge in [0.05, 0.1) is 6.54 Å². The zero-order valence-electron chi connectivity index (χ0n) is 11.9. The summed E-state index contributed by atoms with van der Waals surface area (Å²) in [5.74, 6) is 0.0391. The summed E-state index contributed by atoms with van der Waals surface area (Å²) in [4.78, 5) is 25.4. The summed E-state index contributed by atoms with van der Waals surface area (Å²) < 4.78 is 0. The molecule has 1 aliphatic rings. The van der Waals surface area contributed by atoms with Crippen LogP contribution in [0.1, 0.15) is 12.8 Å². The van der Waals surface area contributed by atoms with Crippen LogP contribution in [0.25, 0.3) is 0 Å². The van der Waals surface area contributed by atoms with Gasteiger partial charge in [0.25, 0.3) is 0 Å². The zero-order chi connectivity index (χ0) is 15.1. The van der Waals surface area contributed by atoms with Gasteiger partial charge in [-0.1, -0.05) is 18.2 Å². The van der Waals surface area contributed by atoms with E-state index in [1.54, 1.807) is 17.0 Å². The van der Waals surface area contributed by atoms with Gasteiger partial charge in [0, 0.05) is 25.4 Å². The number of aliphatic hydroxyl groups is 1. The van der Waals surface area contributed by atoms with Gasteiger partial charge in [0.15, 0.2) is 0 Å². The summed E-state index contributed by atoms with van der Waals surface area (Å²) in [5, 5.41) is 14.4. The van der Waals surface area contributed by atoms with Gasteiger partial charge in [-0.2, -0.15) is 0 Å². The smallest absolute Gasteiger partial charge is 0.319 e. The number of benzene rings is 1. The molecule has 0 spiro atoms. The molecule has 1 saturated heterocycles. The van der Waals surface area contributed by atoms with Crippen LogP contribution in [0.4, 0.5) is 10.5 Å². The SMILES string of the molecule is O=C(NCC(=O)N1CCCC(CO)C1)Nc1ccccc1. The lowest BCUT2D eigenvalue weighted by Gasteiger charge is -2.31. The van der Waals surface area contributed by atoms with E-state index in [9.17, 15) is 9.59 Å². The third kappa shape index (κ3) is 4.75. The number of carbonyl (C=O) groups excluding carboxylic acids is 2. The van der Waals surface area contributed by atoms with Crippen molar-refractivity contribution in [3.63, 3.8) is 0 Å². The van der Waals surface area contributed by atoms with Gasteiger partial charge in [-0.05, 0) is 30.9 Å². The van der Waals surface area contributed by atoms with Crippen LogP contribution in [0.5, 0.6) is 0 Å². The first-order valence-electron chi connectivity index (χ1n) is 7.17. The quantitative estimate of drug-likeness (QED) is 0.775. The molecule has 0 aromatic heterocycles. The van der Waals surface area contributed by atoms with E-state index in [1.807, 2.05) is 18.2 Å². The van der Waals surface area contributed by atoms with Crippen LogP contribution in [0.3, 0.4) is 0 Å². The molecule has 1 heterocycles. The van der Waals surface area contributed by atoms with Gasteiger partial charge in [0.1, 0.15) is 0 Å². The number of hydrogen-bond acceptors (Lipinski definition) is 3. The summed E-state index contributed by atoms with van der Waals surface area (Å²) in [6, 6.07) is 8.66. The molecular weight excluding hydrogens is 270 g/mol. The van der Waals surface area contributed by atoms with Crippen molar-refractivity contribution in [2.75, 3.05) is 31.6 Å². The van der Waals surface area contributed by atoms with Crippen molar-refractivity contribution >= 4 is 17.6 Å². The fourth-order valence-corrected chi connectivity index (χ4v) is 2.41. The van der Waals surface area contributed by atoms with E-state index in [2.05, 4.69) is 10.6 Å². The molecule has 3 amide bonds. The fourth-order valence-electron chi connectivity index (χ4n) is 2.41. The Morgan fingerprint density at radius 3 is 2.76 bits per heavy atom. The summed E-state index contributed by atoms with van der Waals surface area (Å²) in [6.07, 6.45) is 1.84. The lowest BCUT2D eigenvalue weighted by atomic mass is 9.99. The minimum atomic E-state index is -0.398. The molecule has 3 N–H and O–H groups in total. The summed E-state index contributed by atoms with van der Waals surface area (Å²) in [7, 11) is 0. The lowest BCUT2D eigenvalue weighted by Crippen LogP contribution is -2.46. The average molecular weight is 291 g/mol. The molecule has 114 valence electrons. The molecule has 0 saturated carbocycles. The minimum Gasteiger partial charge on any atom is -0.396 e. The monoisotopic (exact) mass is 291 g/mol. The molecule has 1 fully saturated rings. The lowest BCUT2D eigenvalue weighted by molar-refractivity contribution is -0.132. The van der Waals surface area contributed by atoms with Gasteiger partial charge in [-0.25, -0.2) is 4.79 Å². The largest absolute Gasteiger partial charge is 0.396 e. The maximum absolute atomic E-state index is 12.0. The Balaban J connectivity index is 1.74. The molecular formula is C15H21N3O3. The summed E-state index contributed by atoms with van der Waals surface area (Å²) >= 11 is 0. The van der Waals surface area contributed by atoms with Crippen LogP contribution in [0, 0.1) is 5.92 Å². The Hall–Kier alpha value is -2.08. The number of rotatable bonds is 4. The molecule has 1 aromatic carbocycles. The van der Waals surface area contributed by atoms with Crippen molar-refractivity contribution in [3.8, 4) is 0 Å². The van der Waals surface area contributed by atoms with E-state index >= 15 is 0 Å². The van der Waals surface area contributed by atoms with E-state index in [-0.39, 0.29) is 25.0 Å². The molecule has 0 bridgehead atoms. The van der Waals surface area contributed by atoms with Crippen LogP contribution in [0.15, 0.2) is 30.3 Å². The topological polar surface area (TPSA) is 81.7 Å². The van der Waals surface area contributed by atoms with Gasteiger partial charge in [-0.15, -0.1) is 0 Å². The minimum absolute atomic E-state index is 0.0309. The van der Waals surface area contributed by atoms with Crippen LogP contribution < -0.4 is 10.6 Å². The van der Waals surface area contributed by atoms with Crippen molar-refractivity contribution in [2.24, 2.45) is 5.92 Å². The first-order valence-corrected chi connectivity index (χ1v) is 7.17. The van der Waals surface area contributed by atoms with E-state index in [0.29, 0.717) is 18.8 Å². The van der Waals surface area contributed by atoms with Gasteiger partial charge in [0.2, 0.25) is 5.91 Å². The summed E-state index contributed by atoms with van der Waals surface area (Å²) in [6.45, 7) is 1.33. The number of amides is 3. The fraction of sp³-hybridized carbons (Fsp3) is 0.467. The first kappa shape index (κ1) is 15.3. The Labute approximate surface area is 124 Å². The van der Waals surface area contributed by atoms with Crippen molar-refractivity contribution in [1.82, 2.24) is 10.2 Å². The Kier molecular flexibility index (Phi) is 5.57. The van der Waals surface area contributed by atoms with Crippen molar-refractivity contribution in [1.29, 1.82) is 0 Å². The molecule has 1 unspecified atom stereocenters. The second-order valence-electron chi connectivity index (χ2n) is 5.20. The molecule has 6 heteroatoms. The number of para-hydroxylation sites is 1. The van der Waals surface area contributed by atoms with Crippen LogP contribution in [0.2, 0.25) is 0 Å². The predicted molar refractivity (Wildman–Crippen MR) is 79.9 cm³/mol. The van der Waals surface area contributed by atoms with E-state index in [4.69, 9.17) is 5.11 Å². The number of nitrogens with one attached hydrogen (secondary N) is 2. The van der Waals surface area contributed by atoms with Gasteiger partial charge < -0.3 is 20.6 Å². The normalized spacial score (nSPS) is 18.1. The average Bonchev–Trinajstić information content (AvgIpc) is 2.53. The molecule has 1 aromatic rings. The number of likely N-dealkylation sites (tertiary alicyclic amines) is 1. The Morgan fingerprint density at radius 1 is 1.29 bits per heavy atom. The number of hydrogen-bond donors (Lipinski definition) is 3. The highest BCUT2D eigenvalue weighted by atomic mass is 16.3. The maximum atomic E-state index is 12.0. The zero-order valence-corrected chi connectivity index (χ0v) is 11.9. The second kappa shape index (κ2) is 7.64. The number of urea groups is 1. The highest BCUT2D eigenvalue weighted by Crippen LogP contribution is 2.15. The number of piperidine rings is 1. The predicted octanol–water partition coefficient (Wildman–Crippen LogP) is 1.04. The van der Waals surface area contributed by atoms with Crippen LogP contribution in [-0.4, -0.2) is 48.2 Å². The van der Waals surface area contributed by atoms with Crippen LogP contribution >= 0.6 is 0 Å². The third-order valence-electron chi connectivity index (χ3n) is 3.56. The second-order valence-corrected chi connectivity index (χ2v) is 5.20. The van der Waals surface area contributed by atoms with E-state index in [1.165, 1.54) is 0 Å². The van der Waals surface area contributed by atoms with Crippen LogP contribution in [-0.2, 0) is 4.79 Å². The van der Waals surface area contributed by atoms with Crippen molar-refractivity contribution < 1.29 is 14.7 Å². The third-order valence-corrected chi connectivity index (χ3v) is 3.56. The number of anilines is 1.